The molecule has 0 unspecified atom stereocenters. The van der Waals surface area contributed by atoms with E-state index in [1.54, 1.807) is 23.1 Å². The average Bonchev–Trinajstić information content (AvgIpc) is 3.41. The Hall–Kier alpha value is -2.44. The molecular formula is C27H27ClN3O4S3+. The fourth-order valence-electron chi connectivity index (χ4n) is 4.31. The molecule has 0 radical (unpaired) electrons. The zero-order valence-corrected chi connectivity index (χ0v) is 23.6. The third kappa shape index (κ3) is 6.23. The average molecular weight is 589 g/mol. The number of nitrogens with zero attached hydrogens (tertiary/aromatic N) is 2. The molecule has 1 aliphatic heterocycles. The van der Waals surface area contributed by atoms with E-state index in [1.165, 1.54) is 0 Å². The van der Waals surface area contributed by atoms with Crippen LogP contribution in [0.1, 0.15) is 11.4 Å². The molecule has 11 heteroatoms. The van der Waals surface area contributed by atoms with E-state index in [-0.39, 0.29) is 12.2 Å². The van der Waals surface area contributed by atoms with Gasteiger partial charge in [0, 0.05) is 29.1 Å². The molecule has 0 bridgehead atoms. The van der Waals surface area contributed by atoms with Crippen LogP contribution in [-0.2, 0) is 21.6 Å². The molecule has 0 spiro atoms. The van der Waals surface area contributed by atoms with Crippen LogP contribution in [0.5, 0.6) is 0 Å². The minimum Gasteiger partial charge on any atom is -0.335 e. The smallest absolute Gasteiger partial charge is 0.267 e. The van der Waals surface area contributed by atoms with Gasteiger partial charge in [-0.05, 0) is 41.8 Å². The zero-order chi connectivity index (χ0) is 26.7. The van der Waals surface area contributed by atoms with E-state index in [1.807, 2.05) is 36.4 Å². The Balaban J connectivity index is 1.56. The van der Waals surface area contributed by atoms with Crippen LogP contribution in [0.15, 0.2) is 76.7 Å². The number of anilines is 1. The van der Waals surface area contributed by atoms with Gasteiger partial charge in [0.2, 0.25) is 5.52 Å². The number of benzene rings is 3. The van der Waals surface area contributed by atoms with Crippen LogP contribution in [0.4, 0.5) is 5.69 Å². The van der Waals surface area contributed by atoms with Crippen molar-refractivity contribution in [2.75, 3.05) is 30.3 Å². The van der Waals surface area contributed by atoms with E-state index < -0.39 is 10.1 Å². The van der Waals surface area contributed by atoms with Gasteiger partial charge < -0.3 is 15.4 Å². The van der Waals surface area contributed by atoms with Crippen LogP contribution in [0, 0.1) is 0 Å². The van der Waals surface area contributed by atoms with Crippen LogP contribution in [-0.4, -0.2) is 38.4 Å². The van der Waals surface area contributed by atoms with Gasteiger partial charge in [0.15, 0.2) is 0 Å². The topological polar surface area (TPSA) is 96.7 Å². The van der Waals surface area contributed by atoms with Crippen molar-refractivity contribution in [1.82, 2.24) is 0 Å². The summed E-state index contributed by atoms with van der Waals surface area (Å²) in [6.45, 7) is 1.64. The van der Waals surface area contributed by atoms with Gasteiger partial charge in [-0.3, -0.25) is 4.55 Å². The molecule has 3 N–H and O–H groups in total. The van der Waals surface area contributed by atoms with Crippen LogP contribution < -0.4 is 15.2 Å². The number of hydrogen-bond acceptors (Lipinski definition) is 7. The summed E-state index contributed by atoms with van der Waals surface area (Å²) in [5, 5.41) is 2.54. The number of fused-ring (bicyclic) bond motifs is 2. The van der Waals surface area contributed by atoms with Crippen molar-refractivity contribution < 1.29 is 22.3 Å². The minimum atomic E-state index is -4.05. The molecule has 1 aromatic heterocycles. The van der Waals surface area contributed by atoms with E-state index in [9.17, 15) is 13.0 Å². The van der Waals surface area contributed by atoms with Crippen molar-refractivity contribution in [2.24, 2.45) is 5.73 Å². The maximum absolute atomic E-state index is 11.3. The lowest BCUT2D eigenvalue weighted by molar-refractivity contribution is -0.706. The number of halogens is 1. The summed E-state index contributed by atoms with van der Waals surface area (Å²) >= 11 is 9.56. The second-order valence-corrected chi connectivity index (χ2v) is 12.9. The Morgan fingerprint density at radius 3 is 2.66 bits per heavy atom. The molecule has 0 aliphatic carbocycles. The third-order valence-electron chi connectivity index (χ3n) is 6.04. The SMILES string of the molecule is NCCOC[n+]1c(C=C2Sc3ccc(Cl)cc3N2CCCS(=O)(=O)O)sc2ccc(-c3ccccc3)cc21. The number of nitrogens with two attached hydrogens (primary N) is 1. The molecule has 2 heterocycles. The van der Waals surface area contributed by atoms with E-state index in [0.29, 0.717) is 31.4 Å². The lowest BCUT2D eigenvalue weighted by atomic mass is 10.1. The van der Waals surface area contributed by atoms with Crippen LogP contribution in [0.25, 0.3) is 27.4 Å². The molecule has 7 nitrogen and oxygen atoms in total. The van der Waals surface area contributed by atoms with E-state index in [2.05, 4.69) is 45.9 Å². The van der Waals surface area contributed by atoms with E-state index in [0.717, 1.165) is 42.0 Å². The molecule has 38 heavy (non-hydrogen) atoms. The van der Waals surface area contributed by atoms with E-state index >= 15 is 0 Å². The Kier molecular flexibility index (Phi) is 8.39. The summed E-state index contributed by atoms with van der Waals surface area (Å²) in [7, 11) is -4.05. The first-order chi connectivity index (χ1) is 18.3. The third-order valence-corrected chi connectivity index (χ3v) is 9.31. The molecule has 0 saturated carbocycles. The summed E-state index contributed by atoms with van der Waals surface area (Å²) in [4.78, 5) is 3.09. The second-order valence-electron chi connectivity index (χ2n) is 8.73. The summed E-state index contributed by atoms with van der Waals surface area (Å²) in [6, 6.07) is 22.4. The molecule has 0 saturated heterocycles. The summed E-state index contributed by atoms with van der Waals surface area (Å²) < 4.78 is 41.1. The Morgan fingerprint density at radius 2 is 1.89 bits per heavy atom. The first-order valence-electron chi connectivity index (χ1n) is 12.0. The number of rotatable bonds is 10. The van der Waals surface area contributed by atoms with Crippen molar-refractivity contribution in [3.63, 3.8) is 0 Å². The van der Waals surface area contributed by atoms with Crippen molar-refractivity contribution in [2.45, 2.75) is 18.0 Å². The monoisotopic (exact) mass is 588 g/mol. The summed E-state index contributed by atoms with van der Waals surface area (Å²) in [5.74, 6) is -0.310. The van der Waals surface area contributed by atoms with Gasteiger partial charge in [-0.25, -0.2) is 0 Å². The highest BCUT2D eigenvalue weighted by Crippen LogP contribution is 2.48. The number of thioether (sulfide) groups is 1. The maximum atomic E-state index is 11.3. The van der Waals surface area contributed by atoms with Gasteiger partial charge in [0.05, 0.1) is 29.2 Å². The van der Waals surface area contributed by atoms with Crippen molar-refractivity contribution in [3.8, 4) is 11.1 Å². The molecule has 0 atom stereocenters. The predicted molar refractivity (Wildman–Crippen MR) is 156 cm³/mol. The first kappa shape index (κ1) is 27.1. The Morgan fingerprint density at radius 1 is 1.08 bits per heavy atom. The van der Waals surface area contributed by atoms with Crippen molar-refractivity contribution in [3.05, 3.63) is 81.8 Å². The van der Waals surface area contributed by atoms with Crippen molar-refractivity contribution in [1.29, 1.82) is 0 Å². The second kappa shape index (κ2) is 11.7. The fourth-order valence-corrected chi connectivity index (χ4v) is 7.22. The Labute approximate surface area is 235 Å². The molecular weight excluding hydrogens is 562 g/mol. The highest BCUT2D eigenvalue weighted by Gasteiger charge is 2.28. The van der Waals surface area contributed by atoms with Crippen molar-refractivity contribution >= 4 is 66.8 Å². The first-order valence-corrected chi connectivity index (χ1v) is 15.7. The normalized spacial score (nSPS) is 14.5. The van der Waals surface area contributed by atoms with Gasteiger partial charge >= 0.3 is 0 Å². The number of thiazole rings is 1. The molecule has 198 valence electrons. The highest BCUT2D eigenvalue weighted by atomic mass is 35.5. The van der Waals surface area contributed by atoms with Gasteiger partial charge in [0.1, 0.15) is 4.70 Å². The molecule has 1 aliphatic rings. The predicted octanol–water partition coefficient (Wildman–Crippen LogP) is 5.63. The quantitative estimate of drug-likeness (QED) is 0.141. The van der Waals surface area contributed by atoms with E-state index in [4.69, 9.17) is 22.1 Å². The number of hydrogen-bond donors (Lipinski definition) is 2. The number of aromatic nitrogens is 1. The molecule has 3 aromatic carbocycles. The standard InChI is InChI=1S/C27H26ClN3O4S3/c28-21-8-10-25-23(16-21)30(12-4-14-38(32,33)34)26(36-25)17-27-31(18-35-13-11-29)22-15-20(7-9-24(22)37-27)19-5-2-1-3-6-19/h1-3,5-10,15-17H,4,11-14,18,29H2/p+1. The van der Waals surface area contributed by atoms with Gasteiger partial charge in [0.25, 0.3) is 21.9 Å². The largest absolute Gasteiger partial charge is 0.335 e. The highest BCUT2D eigenvalue weighted by molar-refractivity contribution is 8.03. The summed E-state index contributed by atoms with van der Waals surface area (Å²) in [5.41, 5.74) is 9.91. The van der Waals surface area contributed by atoms with Crippen LogP contribution >= 0.6 is 34.7 Å². The minimum absolute atomic E-state index is 0.273. The summed E-state index contributed by atoms with van der Waals surface area (Å²) in [6.07, 6.45) is 2.37. The molecule has 4 aromatic rings. The molecule has 5 rings (SSSR count). The van der Waals surface area contributed by atoms with Gasteiger partial charge in [-0.1, -0.05) is 71.1 Å². The zero-order valence-electron chi connectivity index (χ0n) is 20.4. The number of ether oxygens (including phenoxy) is 1. The fraction of sp³-hybridized carbons (Fsp3) is 0.222. The lowest BCUT2D eigenvalue weighted by Crippen LogP contribution is -2.37. The molecule has 0 amide bonds. The van der Waals surface area contributed by atoms with Gasteiger partial charge in [-0.15, -0.1) is 0 Å². The maximum Gasteiger partial charge on any atom is 0.267 e. The van der Waals surface area contributed by atoms with Crippen LogP contribution in [0.2, 0.25) is 5.02 Å². The lowest BCUT2D eigenvalue weighted by Gasteiger charge is -2.20. The molecule has 0 fully saturated rings. The van der Waals surface area contributed by atoms with Gasteiger partial charge in [-0.2, -0.15) is 13.0 Å². The van der Waals surface area contributed by atoms with Crippen LogP contribution in [0.3, 0.4) is 0 Å². The Bertz CT molecular complexity index is 1590.